The topological polar surface area (TPSA) is 58.3 Å². The summed E-state index contributed by atoms with van der Waals surface area (Å²) >= 11 is 0. The van der Waals surface area contributed by atoms with Crippen LogP contribution in [0.15, 0.2) is 152 Å². The van der Waals surface area contributed by atoms with Gasteiger partial charge < -0.3 is 10.2 Å². The molecule has 7 heteroatoms. The van der Waals surface area contributed by atoms with Gasteiger partial charge in [0, 0.05) is 10.9 Å². The van der Waals surface area contributed by atoms with Gasteiger partial charge in [-0.1, -0.05) is 121 Å². The Morgan fingerprint density at radius 3 is 1.58 bits per heavy atom. The summed E-state index contributed by atoms with van der Waals surface area (Å²) < 4.78 is 2.05. The van der Waals surface area contributed by atoms with Crippen molar-refractivity contribution in [1.82, 2.24) is 9.55 Å². The van der Waals surface area contributed by atoms with Gasteiger partial charge in [0.15, 0.2) is 7.85 Å². The van der Waals surface area contributed by atoms with Crippen LogP contribution in [-0.2, 0) is 5.21 Å². The molecule has 2 N–H and O–H groups in total. The lowest BCUT2D eigenvalue weighted by Crippen LogP contribution is -2.54. The Hall–Kier alpha value is -5.36. The van der Waals surface area contributed by atoms with Crippen molar-refractivity contribution in [3.05, 3.63) is 157 Å². The summed E-state index contributed by atoms with van der Waals surface area (Å²) in [4.78, 5) is 4.91. The van der Waals surface area contributed by atoms with E-state index in [1.807, 2.05) is 40.0 Å². The first-order valence-electron chi connectivity index (χ1n) is 16.4. The molecule has 8 aromatic rings. The molecule has 8 rings (SSSR count). The van der Waals surface area contributed by atoms with E-state index in [2.05, 4.69) is 132 Å². The number of hydrogen-bond acceptors (Lipinski definition) is 3. The minimum atomic E-state index is -1.99. The Morgan fingerprint density at radius 2 is 0.958 bits per heavy atom. The Kier molecular flexibility index (Phi) is 7.13. The van der Waals surface area contributed by atoms with Crippen LogP contribution in [0.5, 0.6) is 0 Å². The van der Waals surface area contributed by atoms with Gasteiger partial charge in [-0.25, -0.2) is 4.98 Å². The summed E-state index contributed by atoms with van der Waals surface area (Å²) in [6.45, 7) is 0. The molecule has 0 atom stereocenters. The standard InChI is InChI=1S/C41H33B3N2O2/c42-40(43,41(44,47)48)39-45-35-22-8-9-23-36(35)46(39)30-17-11-15-28(25-30)27-14-10-16-29(24-27)38-33-20-6-4-18-31(33)37(26-12-2-1-3-13-26)32-19-5-7-21-34(32)38/h1-25,47-48H,42-44H2. The summed E-state index contributed by atoms with van der Waals surface area (Å²) in [5, 5.41) is 25.4. The second kappa shape index (κ2) is 11.4. The second-order valence-corrected chi connectivity index (χ2v) is 13.2. The van der Waals surface area contributed by atoms with Gasteiger partial charge in [0.05, 0.1) is 11.0 Å². The monoisotopic (exact) mass is 618 g/mol. The van der Waals surface area contributed by atoms with Crippen molar-refractivity contribution in [2.75, 3.05) is 0 Å². The minimum Gasteiger partial charge on any atom is -0.375 e. The molecule has 0 saturated carbocycles. The number of hydrogen-bond donors (Lipinski definition) is 2. The Labute approximate surface area is 282 Å². The normalized spacial score (nSPS) is 12.2. The van der Waals surface area contributed by atoms with Crippen LogP contribution in [0.1, 0.15) is 5.82 Å². The molecule has 1 heterocycles. The fourth-order valence-electron chi connectivity index (χ4n) is 6.95. The van der Waals surface area contributed by atoms with Crippen LogP contribution in [0.2, 0.25) is 0 Å². The SMILES string of the molecule is BC(O)(O)C(B)(B)c1nc2ccccc2n1-c1cccc(-c2cccc(-c3c4ccccc4c(-c4ccccc4)c4ccccc34)c2)c1. The predicted octanol–water partition coefficient (Wildman–Crippen LogP) is 6.02. The largest absolute Gasteiger partial charge is 0.375 e. The van der Waals surface area contributed by atoms with E-state index in [4.69, 9.17) is 4.98 Å². The number of para-hydroxylation sites is 2. The minimum absolute atomic E-state index is 0.582. The molecule has 48 heavy (non-hydrogen) atoms. The third kappa shape index (κ3) is 4.86. The molecule has 0 bridgehead atoms. The lowest BCUT2D eigenvalue weighted by atomic mass is 9.45. The van der Waals surface area contributed by atoms with Crippen molar-refractivity contribution in [2.24, 2.45) is 0 Å². The van der Waals surface area contributed by atoms with Gasteiger partial charge in [0.2, 0.25) is 0 Å². The van der Waals surface area contributed by atoms with E-state index < -0.39 is 10.9 Å². The number of benzene rings is 7. The summed E-state index contributed by atoms with van der Waals surface area (Å²) in [5.41, 5.74) is 7.60. The number of nitrogens with zero attached hydrogens (tertiary/aromatic N) is 2. The second-order valence-electron chi connectivity index (χ2n) is 13.2. The Balaban J connectivity index is 1.32. The highest BCUT2D eigenvalue weighted by atomic mass is 16.5. The molecule has 0 aliphatic heterocycles. The van der Waals surface area contributed by atoms with E-state index in [1.54, 1.807) is 0 Å². The average Bonchev–Trinajstić information content (AvgIpc) is 3.51. The molecule has 0 spiro atoms. The van der Waals surface area contributed by atoms with E-state index in [1.165, 1.54) is 46.1 Å². The zero-order chi connectivity index (χ0) is 33.0. The van der Waals surface area contributed by atoms with E-state index >= 15 is 0 Å². The first-order valence-corrected chi connectivity index (χ1v) is 16.4. The molecule has 0 saturated heterocycles. The molecule has 0 aliphatic rings. The van der Waals surface area contributed by atoms with Gasteiger partial charge >= 0.3 is 0 Å². The highest BCUT2D eigenvalue weighted by Gasteiger charge is 2.42. The summed E-state index contributed by atoms with van der Waals surface area (Å²) in [6, 6.07) is 53.2. The van der Waals surface area contributed by atoms with Crippen molar-refractivity contribution < 1.29 is 10.2 Å². The maximum atomic E-state index is 10.8. The van der Waals surface area contributed by atoms with Gasteiger partial charge in [0.25, 0.3) is 0 Å². The maximum Gasteiger partial charge on any atom is 0.177 e. The highest BCUT2D eigenvalue weighted by molar-refractivity contribution is 6.44. The summed E-state index contributed by atoms with van der Waals surface area (Å²) in [6.07, 6.45) is 0. The van der Waals surface area contributed by atoms with Crippen LogP contribution in [0.4, 0.5) is 0 Å². The maximum absolute atomic E-state index is 10.8. The Morgan fingerprint density at radius 1 is 0.479 bits per heavy atom. The molecule has 0 fully saturated rings. The van der Waals surface area contributed by atoms with Crippen molar-refractivity contribution in [2.45, 2.75) is 10.9 Å². The molecule has 1 aromatic heterocycles. The predicted molar refractivity (Wildman–Crippen MR) is 207 cm³/mol. The van der Waals surface area contributed by atoms with Gasteiger partial charge in [0.1, 0.15) is 27.2 Å². The van der Waals surface area contributed by atoms with Crippen LogP contribution in [0.25, 0.3) is 71.6 Å². The molecule has 0 unspecified atom stereocenters. The zero-order valence-corrected chi connectivity index (χ0v) is 27.2. The third-order valence-corrected chi connectivity index (χ3v) is 9.89. The Bertz CT molecular complexity index is 2430. The third-order valence-electron chi connectivity index (χ3n) is 9.89. The molecule has 4 nitrogen and oxygen atoms in total. The summed E-state index contributed by atoms with van der Waals surface area (Å²) in [5.74, 6) is 0.582. The molecule has 7 aromatic carbocycles. The number of aliphatic hydroxyl groups is 2. The number of fused-ring (bicyclic) bond motifs is 3. The highest BCUT2D eigenvalue weighted by Crippen LogP contribution is 2.44. The average molecular weight is 618 g/mol. The van der Waals surface area contributed by atoms with E-state index in [0.717, 1.165) is 33.4 Å². The molecule has 0 amide bonds. The quantitative estimate of drug-likeness (QED) is 0.136. The van der Waals surface area contributed by atoms with Gasteiger partial charge in [-0.2, -0.15) is 0 Å². The molecular formula is C41H33B3N2O2. The van der Waals surface area contributed by atoms with Gasteiger partial charge in [-0.05, 0) is 85.3 Å². The zero-order valence-electron chi connectivity index (χ0n) is 27.2. The fourth-order valence-corrected chi connectivity index (χ4v) is 6.95. The van der Waals surface area contributed by atoms with Crippen LogP contribution in [0.3, 0.4) is 0 Å². The molecule has 228 valence electrons. The van der Waals surface area contributed by atoms with E-state index in [-0.39, 0.29) is 0 Å². The fraction of sp³-hybridized carbons (Fsp3) is 0.0488. The van der Waals surface area contributed by atoms with Crippen molar-refractivity contribution >= 4 is 56.1 Å². The number of imidazole rings is 1. The van der Waals surface area contributed by atoms with Crippen molar-refractivity contribution in [1.29, 1.82) is 0 Å². The first kappa shape index (κ1) is 30.0. The summed E-state index contributed by atoms with van der Waals surface area (Å²) in [7, 11) is 5.05. The smallest absolute Gasteiger partial charge is 0.177 e. The van der Waals surface area contributed by atoms with E-state index in [0.29, 0.717) is 5.82 Å². The first-order chi connectivity index (χ1) is 23.2. The van der Waals surface area contributed by atoms with Gasteiger partial charge in [-0.15, -0.1) is 0 Å². The molecular weight excluding hydrogens is 585 g/mol. The number of rotatable bonds is 6. The van der Waals surface area contributed by atoms with Crippen LogP contribution >= 0.6 is 0 Å². The van der Waals surface area contributed by atoms with Crippen molar-refractivity contribution in [3.8, 4) is 39.1 Å². The lowest BCUT2D eigenvalue weighted by Gasteiger charge is -2.36. The number of aromatic nitrogens is 2. The van der Waals surface area contributed by atoms with Crippen LogP contribution in [-0.4, -0.2) is 49.0 Å². The van der Waals surface area contributed by atoms with Crippen LogP contribution < -0.4 is 0 Å². The van der Waals surface area contributed by atoms with Crippen LogP contribution in [0, 0.1) is 0 Å². The van der Waals surface area contributed by atoms with E-state index in [9.17, 15) is 10.2 Å². The lowest BCUT2D eigenvalue weighted by molar-refractivity contribution is -0.100. The van der Waals surface area contributed by atoms with Crippen molar-refractivity contribution in [3.63, 3.8) is 0 Å². The van der Waals surface area contributed by atoms with Gasteiger partial charge in [-0.3, -0.25) is 4.57 Å². The molecule has 0 radical (unpaired) electrons. The molecule has 0 aliphatic carbocycles.